The zero-order valence-corrected chi connectivity index (χ0v) is 12.6. The lowest BCUT2D eigenvalue weighted by molar-refractivity contribution is -0.223. The standard InChI is InChI=1S/C12H26O4Si/c1-5-12(13-6-2)10-9-11-17(16-12,14-7-3)15-8-4/h5-11H2,1-4H3. The molecule has 4 nitrogen and oxygen atoms in total. The number of hydrogen-bond acceptors (Lipinski definition) is 4. The van der Waals surface area contributed by atoms with Crippen molar-refractivity contribution in [1.82, 2.24) is 0 Å². The van der Waals surface area contributed by atoms with E-state index in [-0.39, 0.29) is 0 Å². The lowest BCUT2D eigenvalue weighted by atomic mass is 10.1. The highest BCUT2D eigenvalue weighted by Gasteiger charge is 2.51. The van der Waals surface area contributed by atoms with Crippen LogP contribution in [0.2, 0.25) is 6.04 Å². The lowest BCUT2D eigenvalue weighted by Crippen LogP contribution is -2.57. The minimum absolute atomic E-state index is 0.483. The van der Waals surface area contributed by atoms with Gasteiger partial charge >= 0.3 is 8.80 Å². The Morgan fingerprint density at radius 1 is 1.06 bits per heavy atom. The summed E-state index contributed by atoms with van der Waals surface area (Å²) in [7, 11) is -2.50. The Labute approximate surface area is 106 Å². The molecule has 1 heterocycles. The first kappa shape index (κ1) is 15.1. The van der Waals surface area contributed by atoms with Crippen molar-refractivity contribution in [2.75, 3.05) is 19.8 Å². The average molecular weight is 262 g/mol. The van der Waals surface area contributed by atoms with Crippen molar-refractivity contribution in [1.29, 1.82) is 0 Å². The Kier molecular flexibility index (Phi) is 6.09. The van der Waals surface area contributed by atoms with Gasteiger partial charge in [0.2, 0.25) is 0 Å². The molecule has 0 bridgehead atoms. The van der Waals surface area contributed by atoms with Gasteiger partial charge in [0.25, 0.3) is 0 Å². The van der Waals surface area contributed by atoms with Gasteiger partial charge in [0.15, 0.2) is 5.79 Å². The molecule has 102 valence electrons. The van der Waals surface area contributed by atoms with Crippen molar-refractivity contribution >= 4 is 8.80 Å². The molecule has 0 N–H and O–H groups in total. The van der Waals surface area contributed by atoms with Crippen molar-refractivity contribution < 1.29 is 18.0 Å². The first-order valence-corrected chi connectivity index (χ1v) is 8.71. The molecule has 1 aliphatic rings. The zero-order valence-electron chi connectivity index (χ0n) is 11.6. The van der Waals surface area contributed by atoms with E-state index in [4.69, 9.17) is 18.0 Å². The summed E-state index contributed by atoms with van der Waals surface area (Å²) in [6, 6.07) is 0.906. The molecular weight excluding hydrogens is 236 g/mol. The van der Waals surface area contributed by atoms with Gasteiger partial charge in [-0.05, 0) is 33.6 Å². The first-order valence-electron chi connectivity index (χ1n) is 6.78. The summed E-state index contributed by atoms with van der Waals surface area (Å²) in [5.74, 6) is -0.483. The predicted molar refractivity (Wildman–Crippen MR) is 68.8 cm³/mol. The van der Waals surface area contributed by atoms with Crippen LogP contribution >= 0.6 is 0 Å². The molecule has 0 amide bonds. The molecule has 1 unspecified atom stereocenters. The van der Waals surface area contributed by atoms with Crippen LogP contribution in [-0.2, 0) is 18.0 Å². The number of hydrogen-bond donors (Lipinski definition) is 0. The molecule has 1 atom stereocenters. The quantitative estimate of drug-likeness (QED) is 0.661. The van der Waals surface area contributed by atoms with Crippen LogP contribution in [0.5, 0.6) is 0 Å². The predicted octanol–water partition coefficient (Wildman–Crippen LogP) is 2.95. The fraction of sp³-hybridized carbons (Fsp3) is 1.00. The average Bonchev–Trinajstić information content (AvgIpc) is 2.30. The summed E-state index contributed by atoms with van der Waals surface area (Å²) in [5.41, 5.74) is 0. The normalized spacial score (nSPS) is 28.2. The van der Waals surface area contributed by atoms with E-state index < -0.39 is 14.6 Å². The molecule has 0 radical (unpaired) electrons. The van der Waals surface area contributed by atoms with Crippen LogP contribution in [0, 0.1) is 0 Å². The molecule has 0 aromatic carbocycles. The molecule has 0 aromatic rings. The van der Waals surface area contributed by atoms with E-state index in [1.807, 2.05) is 20.8 Å². The highest BCUT2D eigenvalue weighted by molar-refractivity contribution is 6.61. The van der Waals surface area contributed by atoms with Gasteiger partial charge in [-0.3, -0.25) is 0 Å². The monoisotopic (exact) mass is 262 g/mol. The molecule has 0 aromatic heterocycles. The van der Waals surface area contributed by atoms with Crippen LogP contribution < -0.4 is 0 Å². The molecule has 0 spiro atoms. The Morgan fingerprint density at radius 2 is 1.71 bits per heavy atom. The smallest absolute Gasteiger partial charge is 0.374 e. The number of rotatable bonds is 7. The van der Waals surface area contributed by atoms with Gasteiger partial charge in [-0.2, -0.15) is 0 Å². The zero-order chi connectivity index (χ0) is 12.8. The molecular formula is C12H26O4Si. The summed E-state index contributed by atoms with van der Waals surface area (Å²) in [4.78, 5) is 0. The van der Waals surface area contributed by atoms with Gasteiger partial charge in [0.1, 0.15) is 0 Å². The maximum atomic E-state index is 6.20. The molecule has 1 fully saturated rings. The van der Waals surface area contributed by atoms with E-state index in [1.54, 1.807) is 0 Å². The topological polar surface area (TPSA) is 36.9 Å². The van der Waals surface area contributed by atoms with Gasteiger partial charge in [0.05, 0.1) is 0 Å². The fourth-order valence-corrected chi connectivity index (χ4v) is 5.31. The van der Waals surface area contributed by atoms with Crippen molar-refractivity contribution in [2.45, 2.75) is 58.8 Å². The van der Waals surface area contributed by atoms with Gasteiger partial charge in [0, 0.05) is 32.3 Å². The maximum absolute atomic E-state index is 6.20. The van der Waals surface area contributed by atoms with Gasteiger partial charge in [-0.15, -0.1) is 0 Å². The minimum atomic E-state index is -2.50. The van der Waals surface area contributed by atoms with E-state index in [0.717, 1.165) is 25.3 Å². The van der Waals surface area contributed by atoms with Crippen molar-refractivity contribution in [3.8, 4) is 0 Å². The molecule has 1 saturated heterocycles. The maximum Gasteiger partial charge on any atom is 0.503 e. The fourth-order valence-electron chi connectivity index (χ4n) is 2.36. The van der Waals surface area contributed by atoms with Crippen molar-refractivity contribution in [2.24, 2.45) is 0 Å². The lowest BCUT2D eigenvalue weighted by Gasteiger charge is -2.44. The molecule has 0 saturated carbocycles. The molecule has 17 heavy (non-hydrogen) atoms. The summed E-state index contributed by atoms with van der Waals surface area (Å²) in [6.07, 6.45) is 2.84. The summed E-state index contributed by atoms with van der Waals surface area (Å²) < 4.78 is 23.7. The highest BCUT2D eigenvalue weighted by atomic mass is 28.4. The van der Waals surface area contributed by atoms with E-state index in [2.05, 4.69) is 6.92 Å². The summed E-state index contributed by atoms with van der Waals surface area (Å²) >= 11 is 0. The van der Waals surface area contributed by atoms with Crippen LogP contribution in [0.3, 0.4) is 0 Å². The van der Waals surface area contributed by atoms with Crippen LogP contribution in [0.1, 0.15) is 47.0 Å². The van der Waals surface area contributed by atoms with E-state index in [1.165, 1.54) is 0 Å². The summed E-state index contributed by atoms with van der Waals surface area (Å²) in [6.45, 7) is 10.0. The number of ether oxygens (including phenoxy) is 1. The molecule has 1 aliphatic heterocycles. The van der Waals surface area contributed by atoms with Crippen LogP contribution in [0.15, 0.2) is 0 Å². The highest BCUT2D eigenvalue weighted by Crippen LogP contribution is 2.37. The van der Waals surface area contributed by atoms with E-state index in [0.29, 0.717) is 19.8 Å². The first-order chi connectivity index (χ1) is 8.16. The molecule has 1 rings (SSSR count). The second kappa shape index (κ2) is 6.85. The van der Waals surface area contributed by atoms with Crippen LogP contribution in [0.4, 0.5) is 0 Å². The third kappa shape index (κ3) is 3.76. The minimum Gasteiger partial charge on any atom is -0.374 e. The second-order valence-corrected chi connectivity index (χ2v) is 6.85. The van der Waals surface area contributed by atoms with E-state index in [9.17, 15) is 0 Å². The Bertz CT molecular complexity index is 209. The second-order valence-electron chi connectivity index (χ2n) is 4.20. The van der Waals surface area contributed by atoms with Crippen LogP contribution in [-0.4, -0.2) is 34.4 Å². The third-order valence-electron chi connectivity index (χ3n) is 3.06. The molecule has 5 heteroatoms. The Hall–Kier alpha value is 0.0569. The summed E-state index contributed by atoms with van der Waals surface area (Å²) in [5, 5.41) is 0. The van der Waals surface area contributed by atoms with Gasteiger partial charge < -0.3 is 18.0 Å². The van der Waals surface area contributed by atoms with Crippen LogP contribution in [0.25, 0.3) is 0 Å². The van der Waals surface area contributed by atoms with Crippen molar-refractivity contribution in [3.63, 3.8) is 0 Å². The van der Waals surface area contributed by atoms with Crippen molar-refractivity contribution in [3.05, 3.63) is 0 Å². The Balaban J connectivity index is 2.78. The third-order valence-corrected chi connectivity index (χ3v) is 6.16. The SMILES string of the molecule is CCOC1(CC)CCC[Si](OCC)(OCC)O1. The largest absolute Gasteiger partial charge is 0.503 e. The van der Waals surface area contributed by atoms with Gasteiger partial charge in [-0.25, -0.2) is 0 Å². The van der Waals surface area contributed by atoms with E-state index >= 15 is 0 Å². The van der Waals surface area contributed by atoms with Gasteiger partial charge in [-0.1, -0.05) is 6.92 Å². The molecule has 0 aliphatic carbocycles. The Morgan fingerprint density at radius 3 is 2.18 bits per heavy atom.